The largest absolute Gasteiger partial charge is 0.0878 e. The maximum absolute atomic E-state index is 2.42. The second-order valence-electron chi connectivity index (χ2n) is 5.88. The van der Waals surface area contributed by atoms with E-state index in [9.17, 15) is 0 Å². The van der Waals surface area contributed by atoms with Crippen molar-refractivity contribution in [2.75, 3.05) is 0 Å². The van der Waals surface area contributed by atoms with Crippen molar-refractivity contribution in [2.45, 2.75) is 26.7 Å². The summed E-state index contributed by atoms with van der Waals surface area (Å²) < 4.78 is 0. The first-order chi connectivity index (χ1) is 9.76. The number of hydrogen-bond donors (Lipinski definition) is 0. The average molecular weight is 258 g/mol. The maximum atomic E-state index is 2.42. The van der Waals surface area contributed by atoms with Crippen molar-refractivity contribution in [1.82, 2.24) is 0 Å². The molecule has 0 aromatic heterocycles. The predicted molar refractivity (Wildman–Crippen MR) is 87.4 cm³/mol. The van der Waals surface area contributed by atoms with Gasteiger partial charge in [0.1, 0.15) is 0 Å². The van der Waals surface area contributed by atoms with Gasteiger partial charge in [-0.15, -0.1) is 0 Å². The van der Waals surface area contributed by atoms with Crippen molar-refractivity contribution in [3.8, 4) is 0 Å². The SMILES string of the molecule is C/C=C1\Cc2cc3cc(C)c4ccccc4c3cc2C1. The van der Waals surface area contributed by atoms with Crippen LogP contribution in [0.2, 0.25) is 0 Å². The Morgan fingerprint density at radius 1 is 0.850 bits per heavy atom. The lowest BCUT2D eigenvalue weighted by Crippen LogP contribution is -1.87. The van der Waals surface area contributed by atoms with Crippen molar-refractivity contribution in [1.29, 1.82) is 0 Å². The smallest absolute Gasteiger partial charge is 0.00608 e. The highest BCUT2D eigenvalue weighted by Crippen LogP contribution is 2.34. The fourth-order valence-electron chi connectivity index (χ4n) is 3.52. The van der Waals surface area contributed by atoms with Gasteiger partial charge in [-0.2, -0.15) is 0 Å². The summed E-state index contributed by atoms with van der Waals surface area (Å²) >= 11 is 0. The molecule has 3 aromatic carbocycles. The molecule has 1 aliphatic rings. The molecule has 0 radical (unpaired) electrons. The maximum Gasteiger partial charge on any atom is -0.00608 e. The molecule has 20 heavy (non-hydrogen) atoms. The quantitative estimate of drug-likeness (QED) is 0.377. The van der Waals surface area contributed by atoms with E-state index in [2.05, 4.69) is 62.4 Å². The highest BCUT2D eigenvalue weighted by atomic mass is 14.2. The Balaban J connectivity index is 2.10. The Morgan fingerprint density at radius 3 is 2.30 bits per heavy atom. The number of rotatable bonds is 0. The molecular formula is C20H18. The third-order valence-electron chi connectivity index (χ3n) is 4.63. The zero-order chi connectivity index (χ0) is 13.7. The first-order valence-electron chi connectivity index (χ1n) is 7.34. The molecule has 0 nitrogen and oxygen atoms in total. The van der Waals surface area contributed by atoms with Crippen LogP contribution in [-0.2, 0) is 12.8 Å². The Hall–Kier alpha value is -2.08. The third kappa shape index (κ3) is 1.61. The molecule has 0 atom stereocenters. The summed E-state index contributed by atoms with van der Waals surface area (Å²) in [5.41, 5.74) is 5.95. The number of aryl methyl sites for hydroxylation is 1. The lowest BCUT2D eigenvalue weighted by Gasteiger charge is -2.09. The lowest BCUT2D eigenvalue weighted by atomic mass is 9.95. The van der Waals surface area contributed by atoms with Gasteiger partial charge >= 0.3 is 0 Å². The van der Waals surface area contributed by atoms with Gasteiger partial charge in [-0.3, -0.25) is 0 Å². The van der Waals surface area contributed by atoms with Crippen molar-refractivity contribution >= 4 is 21.5 Å². The molecule has 0 saturated carbocycles. The molecule has 0 heteroatoms. The van der Waals surface area contributed by atoms with Gasteiger partial charge in [0.25, 0.3) is 0 Å². The fourth-order valence-corrected chi connectivity index (χ4v) is 3.52. The molecule has 0 amide bonds. The molecule has 3 aromatic rings. The second kappa shape index (κ2) is 4.21. The van der Waals surface area contributed by atoms with E-state index in [0.717, 1.165) is 12.8 Å². The van der Waals surface area contributed by atoms with Crippen molar-refractivity contribution in [2.24, 2.45) is 0 Å². The van der Waals surface area contributed by atoms with Crippen LogP contribution in [0.25, 0.3) is 21.5 Å². The average Bonchev–Trinajstić information content (AvgIpc) is 2.88. The van der Waals surface area contributed by atoms with Crippen LogP contribution >= 0.6 is 0 Å². The summed E-state index contributed by atoms with van der Waals surface area (Å²) in [5, 5.41) is 5.56. The topological polar surface area (TPSA) is 0 Å². The molecule has 0 saturated heterocycles. The Labute approximate surface area is 119 Å². The molecule has 0 N–H and O–H groups in total. The third-order valence-corrected chi connectivity index (χ3v) is 4.63. The van der Waals surface area contributed by atoms with Crippen molar-refractivity contribution in [3.05, 3.63) is 70.8 Å². The summed E-state index contributed by atoms with van der Waals surface area (Å²) in [6, 6.07) is 15.9. The van der Waals surface area contributed by atoms with Crippen LogP contribution in [-0.4, -0.2) is 0 Å². The minimum atomic E-state index is 1.13. The zero-order valence-electron chi connectivity index (χ0n) is 12.0. The van der Waals surface area contributed by atoms with E-state index in [0.29, 0.717) is 0 Å². The van der Waals surface area contributed by atoms with Gasteiger partial charge in [0.05, 0.1) is 0 Å². The van der Waals surface area contributed by atoms with Gasteiger partial charge < -0.3 is 0 Å². The number of fused-ring (bicyclic) bond motifs is 4. The van der Waals surface area contributed by atoms with Gasteiger partial charge in [-0.1, -0.05) is 48.0 Å². The Kier molecular flexibility index (Phi) is 2.47. The highest BCUT2D eigenvalue weighted by molar-refractivity contribution is 6.09. The summed E-state index contributed by atoms with van der Waals surface area (Å²) in [4.78, 5) is 0. The molecule has 0 unspecified atom stereocenters. The minimum absolute atomic E-state index is 1.13. The first-order valence-corrected chi connectivity index (χ1v) is 7.34. The van der Waals surface area contributed by atoms with Crippen LogP contribution in [0.1, 0.15) is 23.6 Å². The second-order valence-corrected chi connectivity index (χ2v) is 5.88. The standard InChI is InChI=1S/C20H18/c1-3-14-9-15-11-17-8-13(2)18-6-4-5-7-19(18)20(17)12-16(15)10-14/h3-8,11-12H,9-10H2,1-2H3/b14-3+. The van der Waals surface area contributed by atoms with E-state index < -0.39 is 0 Å². The van der Waals surface area contributed by atoms with E-state index >= 15 is 0 Å². The normalized spacial score (nSPS) is 16.2. The van der Waals surface area contributed by atoms with Crippen LogP contribution < -0.4 is 0 Å². The van der Waals surface area contributed by atoms with Gasteiger partial charge in [0.2, 0.25) is 0 Å². The minimum Gasteiger partial charge on any atom is -0.0878 e. The van der Waals surface area contributed by atoms with Crippen LogP contribution in [0, 0.1) is 6.92 Å². The molecular weight excluding hydrogens is 240 g/mol. The van der Waals surface area contributed by atoms with E-state index in [4.69, 9.17) is 0 Å². The summed E-state index contributed by atoms with van der Waals surface area (Å²) in [5.74, 6) is 0. The van der Waals surface area contributed by atoms with Crippen LogP contribution in [0.4, 0.5) is 0 Å². The monoisotopic (exact) mass is 258 g/mol. The summed E-state index contributed by atoms with van der Waals surface area (Å²) in [6.45, 7) is 4.37. The molecule has 4 rings (SSSR count). The molecule has 1 aliphatic carbocycles. The molecule has 98 valence electrons. The number of benzene rings is 3. The number of allylic oxidation sites excluding steroid dienone is 2. The fraction of sp³-hybridized carbons (Fsp3) is 0.200. The predicted octanol–water partition coefficient (Wildman–Crippen LogP) is 5.35. The van der Waals surface area contributed by atoms with E-state index in [1.54, 1.807) is 5.57 Å². The first kappa shape index (κ1) is 11.7. The highest BCUT2D eigenvalue weighted by Gasteiger charge is 2.16. The van der Waals surface area contributed by atoms with Crippen LogP contribution in [0.3, 0.4) is 0 Å². The van der Waals surface area contributed by atoms with E-state index in [1.807, 2.05) is 0 Å². The Bertz CT molecular complexity index is 866. The van der Waals surface area contributed by atoms with Crippen molar-refractivity contribution < 1.29 is 0 Å². The number of hydrogen-bond acceptors (Lipinski definition) is 0. The molecule has 0 spiro atoms. The zero-order valence-corrected chi connectivity index (χ0v) is 12.0. The van der Waals surface area contributed by atoms with Gasteiger partial charge in [-0.25, -0.2) is 0 Å². The molecule has 0 aliphatic heterocycles. The van der Waals surface area contributed by atoms with Gasteiger partial charge in [-0.05, 0) is 71.0 Å². The summed E-state index contributed by atoms with van der Waals surface area (Å²) in [7, 11) is 0. The lowest BCUT2D eigenvalue weighted by molar-refractivity contribution is 1.16. The van der Waals surface area contributed by atoms with Crippen molar-refractivity contribution in [3.63, 3.8) is 0 Å². The van der Waals surface area contributed by atoms with Crippen LogP contribution in [0.5, 0.6) is 0 Å². The molecule has 0 bridgehead atoms. The van der Waals surface area contributed by atoms with E-state index in [1.165, 1.54) is 38.2 Å². The van der Waals surface area contributed by atoms with E-state index in [-0.39, 0.29) is 0 Å². The van der Waals surface area contributed by atoms with Crippen LogP contribution in [0.15, 0.2) is 54.1 Å². The molecule has 0 fully saturated rings. The Morgan fingerprint density at radius 2 is 1.55 bits per heavy atom. The summed E-state index contributed by atoms with van der Waals surface area (Å²) in [6.07, 6.45) is 4.53. The molecule has 0 heterocycles. The van der Waals surface area contributed by atoms with Gasteiger partial charge in [0, 0.05) is 0 Å². The van der Waals surface area contributed by atoms with Gasteiger partial charge in [0.15, 0.2) is 0 Å².